The van der Waals surface area contributed by atoms with E-state index in [0.29, 0.717) is 19.4 Å². The van der Waals surface area contributed by atoms with E-state index in [-0.39, 0.29) is 28.8 Å². The topological polar surface area (TPSA) is 66.8 Å². The molecule has 0 amide bonds. The molecule has 1 atom stereocenters. The van der Waals surface area contributed by atoms with Crippen LogP contribution in [0.1, 0.15) is 116 Å². The number of hydrogen-bond acceptors (Lipinski definition) is 4. The summed E-state index contributed by atoms with van der Waals surface area (Å²) in [5, 5.41) is 21.2. The van der Waals surface area contributed by atoms with Gasteiger partial charge in [-0.3, -0.25) is 4.79 Å². The highest BCUT2D eigenvalue weighted by molar-refractivity contribution is 5.69. The Hall–Kier alpha value is -1.71. The van der Waals surface area contributed by atoms with Crippen LogP contribution < -0.4 is 0 Å². The molecule has 1 aromatic rings. The van der Waals surface area contributed by atoms with E-state index >= 15 is 0 Å². The molecule has 29 heavy (non-hydrogen) atoms. The minimum Gasteiger partial charge on any atom is -0.508 e. The molecule has 0 aromatic heterocycles. The second-order valence-corrected chi connectivity index (χ2v) is 8.99. The van der Waals surface area contributed by atoms with Crippen LogP contribution in [0.3, 0.4) is 0 Å². The van der Waals surface area contributed by atoms with E-state index in [1.54, 1.807) is 12.1 Å². The summed E-state index contributed by atoms with van der Waals surface area (Å²) < 4.78 is 5.30. The third-order valence-electron chi connectivity index (χ3n) is 5.84. The Balaban J connectivity index is 2.61. The van der Waals surface area contributed by atoms with E-state index in [2.05, 4.69) is 20.8 Å². The molecule has 4 nitrogen and oxygen atoms in total. The van der Waals surface area contributed by atoms with Gasteiger partial charge in [0.25, 0.3) is 0 Å². The average molecular weight is 407 g/mol. The molecule has 0 aliphatic heterocycles. The summed E-state index contributed by atoms with van der Waals surface area (Å²) in [4.78, 5) is 11.9. The number of benzene rings is 1. The summed E-state index contributed by atoms with van der Waals surface area (Å²) in [6, 6.07) is 3.43. The Labute approximate surface area is 177 Å². The largest absolute Gasteiger partial charge is 0.508 e. The van der Waals surface area contributed by atoms with Crippen LogP contribution in [0.25, 0.3) is 0 Å². The Morgan fingerprint density at radius 2 is 1.69 bits per heavy atom. The molecule has 0 aliphatic carbocycles. The lowest BCUT2D eigenvalue weighted by atomic mass is 9.78. The van der Waals surface area contributed by atoms with Crippen molar-refractivity contribution in [1.82, 2.24) is 0 Å². The van der Waals surface area contributed by atoms with Crippen molar-refractivity contribution in [2.24, 2.45) is 0 Å². The molecule has 0 heterocycles. The molecule has 0 bridgehead atoms. The monoisotopic (exact) mass is 406 g/mol. The maximum absolute atomic E-state index is 11.9. The molecule has 0 aliphatic rings. The summed E-state index contributed by atoms with van der Waals surface area (Å²) in [5.41, 5.74) is 1.20. The van der Waals surface area contributed by atoms with Crippen LogP contribution >= 0.6 is 0 Å². The predicted octanol–water partition coefficient (Wildman–Crippen LogP) is 6.96. The molecular weight excluding hydrogens is 364 g/mol. The zero-order valence-electron chi connectivity index (χ0n) is 19.2. The molecule has 1 aromatic carbocycles. The smallest absolute Gasteiger partial charge is 0.305 e. The Morgan fingerprint density at radius 3 is 2.34 bits per heavy atom. The van der Waals surface area contributed by atoms with Gasteiger partial charge in [-0.25, -0.2) is 0 Å². The molecular formula is C25H42O4. The standard InChI is InChI=1S/C25H42O4/c1-6-8-10-11-16-29-24(28)14-12-15-25(4,5)21-18-22(26)20(17-23(21)27)19(3)13-9-7-2/h17-19,26-27H,6-16H2,1-5H3. The number of phenols is 2. The van der Waals surface area contributed by atoms with Gasteiger partial charge >= 0.3 is 5.97 Å². The van der Waals surface area contributed by atoms with Crippen molar-refractivity contribution in [2.75, 3.05) is 6.61 Å². The van der Waals surface area contributed by atoms with Gasteiger partial charge in [-0.2, -0.15) is 0 Å². The minimum atomic E-state index is -0.339. The van der Waals surface area contributed by atoms with Crippen LogP contribution in [0.2, 0.25) is 0 Å². The Bertz CT molecular complexity index is 621. The summed E-state index contributed by atoms with van der Waals surface area (Å²) in [6.45, 7) is 11.0. The number of esters is 1. The summed E-state index contributed by atoms with van der Waals surface area (Å²) in [7, 11) is 0. The minimum absolute atomic E-state index is 0.149. The van der Waals surface area contributed by atoms with Gasteiger partial charge in [0, 0.05) is 17.5 Å². The van der Waals surface area contributed by atoms with Gasteiger partial charge in [-0.05, 0) is 49.1 Å². The molecule has 2 N–H and O–H groups in total. The molecule has 166 valence electrons. The van der Waals surface area contributed by atoms with Crippen LogP contribution in [0.15, 0.2) is 12.1 Å². The maximum atomic E-state index is 11.9. The fourth-order valence-corrected chi connectivity index (χ4v) is 3.79. The number of phenolic OH excluding ortho intramolecular Hbond substituents is 2. The lowest BCUT2D eigenvalue weighted by Gasteiger charge is -2.27. The SMILES string of the molecule is CCCCCCOC(=O)CCCC(C)(C)c1cc(O)c(C(C)CCCC)cc1O. The summed E-state index contributed by atoms with van der Waals surface area (Å²) in [6.07, 6.45) is 9.40. The first-order chi connectivity index (χ1) is 13.7. The van der Waals surface area contributed by atoms with Crippen LogP contribution in [0.5, 0.6) is 11.5 Å². The predicted molar refractivity (Wildman–Crippen MR) is 120 cm³/mol. The zero-order chi connectivity index (χ0) is 21.9. The zero-order valence-corrected chi connectivity index (χ0v) is 19.2. The van der Waals surface area contributed by atoms with Crippen LogP contribution in [0.4, 0.5) is 0 Å². The number of ether oxygens (including phenoxy) is 1. The summed E-state index contributed by atoms with van der Waals surface area (Å²) in [5.74, 6) is 0.542. The van der Waals surface area contributed by atoms with Gasteiger partial charge in [-0.15, -0.1) is 0 Å². The molecule has 1 unspecified atom stereocenters. The van der Waals surface area contributed by atoms with Gasteiger partial charge in [0.15, 0.2) is 0 Å². The van der Waals surface area contributed by atoms with Gasteiger partial charge < -0.3 is 14.9 Å². The third kappa shape index (κ3) is 8.67. The lowest BCUT2D eigenvalue weighted by molar-refractivity contribution is -0.143. The fraction of sp³-hybridized carbons (Fsp3) is 0.720. The van der Waals surface area contributed by atoms with E-state index in [0.717, 1.165) is 49.7 Å². The second-order valence-electron chi connectivity index (χ2n) is 8.99. The van der Waals surface area contributed by atoms with E-state index in [1.807, 2.05) is 13.8 Å². The van der Waals surface area contributed by atoms with Crippen molar-refractivity contribution >= 4 is 5.97 Å². The first kappa shape index (κ1) is 25.3. The highest BCUT2D eigenvalue weighted by Gasteiger charge is 2.26. The van der Waals surface area contributed by atoms with Gasteiger partial charge in [0.1, 0.15) is 11.5 Å². The Morgan fingerprint density at radius 1 is 1.00 bits per heavy atom. The van der Waals surface area contributed by atoms with Crippen LogP contribution in [0, 0.1) is 0 Å². The van der Waals surface area contributed by atoms with E-state index in [9.17, 15) is 15.0 Å². The highest BCUT2D eigenvalue weighted by Crippen LogP contribution is 2.41. The van der Waals surface area contributed by atoms with Gasteiger partial charge in [0.2, 0.25) is 0 Å². The molecule has 0 fully saturated rings. The number of carbonyl (C=O) groups is 1. The normalized spacial score (nSPS) is 12.7. The number of unbranched alkanes of at least 4 members (excludes halogenated alkanes) is 4. The lowest BCUT2D eigenvalue weighted by Crippen LogP contribution is -2.18. The van der Waals surface area contributed by atoms with Crippen molar-refractivity contribution in [2.45, 2.75) is 110 Å². The van der Waals surface area contributed by atoms with Crippen molar-refractivity contribution in [3.05, 3.63) is 23.3 Å². The molecule has 0 spiro atoms. The molecule has 1 rings (SSSR count). The molecule has 0 saturated heterocycles. The average Bonchev–Trinajstić information content (AvgIpc) is 2.67. The van der Waals surface area contributed by atoms with Crippen molar-refractivity contribution < 1.29 is 19.7 Å². The van der Waals surface area contributed by atoms with E-state index in [1.165, 1.54) is 12.8 Å². The highest BCUT2D eigenvalue weighted by atomic mass is 16.5. The van der Waals surface area contributed by atoms with Gasteiger partial charge in [0.05, 0.1) is 6.61 Å². The van der Waals surface area contributed by atoms with Crippen LogP contribution in [-0.2, 0) is 14.9 Å². The number of hydrogen-bond donors (Lipinski definition) is 2. The second kappa shape index (κ2) is 12.8. The first-order valence-corrected chi connectivity index (χ1v) is 11.4. The summed E-state index contributed by atoms with van der Waals surface area (Å²) >= 11 is 0. The molecule has 0 saturated carbocycles. The van der Waals surface area contributed by atoms with E-state index < -0.39 is 0 Å². The molecule has 4 heteroatoms. The van der Waals surface area contributed by atoms with Crippen molar-refractivity contribution in [3.63, 3.8) is 0 Å². The molecule has 0 radical (unpaired) electrons. The quantitative estimate of drug-likeness (QED) is 0.199. The van der Waals surface area contributed by atoms with Crippen molar-refractivity contribution in [3.8, 4) is 11.5 Å². The first-order valence-electron chi connectivity index (χ1n) is 11.4. The number of carbonyl (C=O) groups excluding carboxylic acids is 1. The number of rotatable bonds is 14. The maximum Gasteiger partial charge on any atom is 0.305 e. The van der Waals surface area contributed by atoms with Crippen molar-refractivity contribution in [1.29, 1.82) is 0 Å². The van der Waals surface area contributed by atoms with E-state index in [4.69, 9.17) is 4.74 Å². The van der Waals surface area contributed by atoms with Gasteiger partial charge in [-0.1, -0.05) is 66.7 Å². The number of aromatic hydroxyl groups is 2. The fourth-order valence-electron chi connectivity index (χ4n) is 3.79. The Kier molecular flexibility index (Phi) is 11.2. The van der Waals surface area contributed by atoms with Crippen LogP contribution in [-0.4, -0.2) is 22.8 Å². The third-order valence-corrected chi connectivity index (χ3v) is 5.84.